The molecule has 6 nitrogen and oxygen atoms in total. The smallest absolute Gasteiger partial charge is 0.198 e. The molecule has 0 aliphatic carbocycles. The normalized spacial score (nSPS) is 17.4. The van der Waals surface area contributed by atoms with Crippen LogP contribution in [0.4, 0.5) is 0 Å². The first-order valence-corrected chi connectivity index (χ1v) is 9.01. The Balaban J connectivity index is 1.75. The van der Waals surface area contributed by atoms with Gasteiger partial charge in [-0.05, 0) is 50.4 Å². The van der Waals surface area contributed by atoms with Crippen LogP contribution in [0.25, 0.3) is 22.6 Å². The molecule has 0 amide bonds. The fourth-order valence-electron chi connectivity index (χ4n) is 3.66. The molecule has 0 spiro atoms. The van der Waals surface area contributed by atoms with Crippen LogP contribution < -0.4 is 10.1 Å². The average Bonchev–Trinajstić information content (AvgIpc) is 2.67. The van der Waals surface area contributed by atoms with Gasteiger partial charge in [-0.1, -0.05) is 6.07 Å². The molecule has 3 aromatic rings. The van der Waals surface area contributed by atoms with Crippen molar-refractivity contribution in [2.45, 2.75) is 32.6 Å². The monoisotopic (exact) mass is 349 g/mol. The summed E-state index contributed by atoms with van der Waals surface area (Å²) in [6.07, 6.45) is 5.91. The second-order valence-corrected chi connectivity index (χ2v) is 6.90. The highest BCUT2D eigenvalue weighted by molar-refractivity contribution is 5.75. The SMILES string of the molecule is COc1cc(C)cc(C)c1-c1cnc2nc([C@@H]3CCCNC3)cnc2n1. The highest BCUT2D eigenvalue weighted by Crippen LogP contribution is 2.33. The van der Waals surface area contributed by atoms with Gasteiger partial charge in [0.1, 0.15) is 5.75 Å². The molecule has 1 aromatic carbocycles. The van der Waals surface area contributed by atoms with Gasteiger partial charge in [0.2, 0.25) is 0 Å². The first-order valence-electron chi connectivity index (χ1n) is 9.01. The molecule has 3 heterocycles. The van der Waals surface area contributed by atoms with Gasteiger partial charge in [-0.15, -0.1) is 0 Å². The Morgan fingerprint density at radius 1 is 1.08 bits per heavy atom. The fourth-order valence-corrected chi connectivity index (χ4v) is 3.66. The molecule has 2 aromatic heterocycles. The predicted molar refractivity (Wildman–Crippen MR) is 101 cm³/mol. The van der Waals surface area contributed by atoms with E-state index < -0.39 is 0 Å². The molecular weight excluding hydrogens is 326 g/mol. The summed E-state index contributed by atoms with van der Waals surface area (Å²) in [5.41, 5.74) is 6.13. The number of nitrogens with one attached hydrogen (secondary N) is 1. The minimum atomic E-state index is 0.404. The average molecular weight is 349 g/mol. The molecule has 134 valence electrons. The van der Waals surface area contributed by atoms with Crippen LogP contribution >= 0.6 is 0 Å². The maximum Gasteiger partial charge on any atom is 0.198 e. The van der Waals surface area contributed by atoms with Crippen LogP contribution in [0, 0.1) is 13.8 Å². The van der Waals surface area contributed by atoms with Crippen LogP contribution in [0.15, 0.2) is 24.5 Å². The third-order valence-corrected chi connectivity index (χ3v) is 4.92. The van der Waals surface area contributed by atoms with Crippen molar-refractivity contribution in [3.63, 3.8) is 0 Å². The molecule has 1 atom stereocenters. The number of ether oxygens (including phenoxy) is 1. The lowest BCUT2D eigenvalue weighted by molar-refractivity contribution is 0.415. The van der Waals surface area contributed by atoms with Gasteiger partial charge in [-0.25, -0.2) is 19.9 Å². The summed E-state index contributed by atoms with van der Waals surface area (Å²) in [4.78, 5) is 18.5. The quantitative estimate of drug-likeness (QED) is 0.783. The summed E-state index contributed by atoms with van der Waals surface area (Å²) in [6, 6.07) is 4.13. The predicted octanol–water partition coefficient (Wildman–Crippen LogP) is 3.18. The Morgan fingerprint density at radius 3 is 2.65 bits per heavy atom. The third kappa shape index (κ3) is 3.12. The minimum absolute atomic E-state index is 0.404. The molecule has 4 rings (SSSR count). The van der Waals surface area contributed by atoms with E-state index in [1.165, 1.54) is 6.42 Å². The van der Waals surface area contributed by atoms with Crippen LogP contribution in [-0.4, -0.2) is 40.1 Å². The van der Waals surface area contributed by atoms with Gasteiger partial charge in [0.15, 0.2) is 11.3 Å². The zero-order valence-corrected chi connectivity index (χ0v) is 15.4. The van der Waals surface area contributed by atoms with E-state index in [0.29, 0.717) is 17.2 Å². The second-order valence-electron chi connectivity index (χ2n) is 6.90. The number of rotatable bonds is 3. The molecule has 0 bridgehead atoms. The van der Waals surface area contributed by atoms with Crippen molar-refractivity contribution in [2.75, 3.05) is 20.2 Å². The number of piperidine rings is 1. The number of aromatic nitrogens is 4. The minimum Gasteiger partial charge on any atom is -0.496 e. The van der Waals surface area contributed by atoms with Gasteiger partial charge >= 0.3 is 0 Å². The van der Waals surface area contributed by atoms with Crippen molar-refractivity contribution < 1.29 is 4.74 Å². The first kappa shape index (κ1) is 16.8. The van der Waals surface area contributed by atoms with E-state index in [1.807, 2.05) is 12.3 Å². The first-order chi connectivity index (χ1) is 12.7. The number of hydrogen-bond acceptors (Lipinski definition) is 6. The van der Waals surface area contributed by atoms with Gasteiger partial charge in [0, 0.05) is 18.0 Å². The molecule has 1 fully saturated rings. The number of methoxy groups -OCH3 is 1. The van der Waals surface area contributed by atoms with E-state index >= 15 is 0 Å². The summed E-state index contributed by atoms with van der Waals surface area (Å²) in [5.74, 6) is 1.20. The number of hydrogen-bond donors (Lipinski definition) is 1. The van der Waals surface area contributed by atoms with Crippen molar-refractivity contribution in [1.82, 2.24) is 25.3 Å². The summed E-state index contributed by atoms with van der Waals surface area (Å²) < 4.78 is 5.56. The number of nitrogens with zero attached hydrogens (tertiary/aromatic N) is 4. The Labute approximate surface area is 153 Å². The van der Waals surface area contributed by atoms with Gasteiger partial charge in [-0.2, -0.15) is 0 Å². The van der Waals surface area contributed by atoms with E-state index in [2.05, 4.69) is 35.2 Å². The summed E-state index contributed by atoms with van der Waals surface area (Å²) >= 11 is 0. The van der Waals surface area contributed by atoms with Crippen molar-refractivity contribution >= 4 is 11.3 Å². The van der Waals surface area contributed by atoms with Crippen molar-refractivity contribution in [3.05, 3.63) is 41.3 Å². The van der Waals surface area contributed by atoms with Gasteiger partial charge < -0.3 is 10.1 Å². The molecular formula is C20H23N5O. The lowest BCUT2D eigenvalue weighted by Crippen LogP contribution is -2.28. The molecule has 1 N–H and O–H groups in total. The van der Waals surface area contributed by atoms with E-state index in [4.69, 9.17) is 14.7 Å². The van der Waals surface area contributed by atoms with Gasteiger partial charge in [0.05, 0.1) is 30.9 Å². The van der Waals surface area contributed by atoms with Crippen LogP contribution in [0.2, 0.25) is 0 Å². The number of aryl methyl sites for hydroxylation is 2. The van der Waals surface area contributed by atoms with E-state index in [0.717, 1.165) is 53.3 Å². The molecule has 0 saturated carbocycles. The zero-order chi connectivity index (χ0) is 18.1. The van der Waals surface area contributed by atoms with E-state index in [-0.39, 0.29) is 0 Å². The van der Waals surface area contributed by atoms with Gasteiger partial charge in [0.25, 0.3) is 0 Å². The fraction of sp³-hybridized carbons (Fsp3) is 0.400. The third-order valence-electron chi connectivity index (χ3n) is 4.92. The summed E-state index contributed by atoms with van der Waals surface area (Å²) in [6.45, 7) is 6.14. The van der Waals surface area contributed by atoms with Gasteiger partial charge in [-0.3, -0.25) is 0 Å². The Bertz CT molecular complexity index is 950. The topological polar surface area (TPSA) is 72.8 Å². The molecule has 1 aliphatic heterocycles. The molecule has 0 unspecified atom stereocenters. The van der Waals surface area contributed by atoms with Crippen LogP contribution in [0.1, 0.15) is 35.6 Å². The Kier molecular flexibility index (Phi) is 4.51. The lowest BCUT2D eigenvalue weighted by Gasteiger charge is -2.21. The molecule has 1 saturated heterocycles. The highest BCUT2D eigenvalue weighted by atomic mass is 16.5. The van der Waals surface area contributed by atoms with Crippen molar-refractivity contribution in [1.29, 1.82) is 0 Å². The zero-order valence-electron chi connectivity index (χ0n) is 15.4. The Morgan fingerprint density at radius 2 is 1.88 bits per heavy atom. The van der Waals surface area contributed by atoms with Crippen LogP contribution in [0.5, 0.6) is 5.75 Å². The van der Waals surface area contributed by atoms with Crippen molar-refractivity contribution in [2.24, 2.45) is 0 Å². The summed E-state index contributed by atoms with van der Waals surface area (Å²) in [5, 5.41) is 3.42. The van der Waals surface area contributed by atoms with Crippen LogP contribution in [0.3, 0.4) is 0 Å². The molecule has 1 aliphatic rings. The largest absolute Gasteiger partial charge is 0.496 e. The number of benzene rings is 1. The standard InChI is InChI=1S/C20H23N5O/c1-12-7-13(2)18(17(8-12)26-3)16-11-23-19-20(25-16)22-10-15(24-19)14-5-4-6-21-9-14/h7-8,10-11,14,21H,4-6,9H2,1-3H3/t14-/m1/s1. The van der Waals surface area contributed by atoms with Crippen molar-refractivity contribution in [3.8, 4) is 17.0 Å². The number of fused-ring (bicyclic) bond motifs is 1. The summed E-state index contributed by atoms with van der Waals surface area (Å²) in [7, 11) is 1.68. The van der Waals surface area contributed by atoms with E-state index in [9.17, 15) is 0 Å². The van der Waals surface area contributed by atoms with E-state index in [1.54, 1.807) is 13.3 Å². The molecule has 26 heavy (non-hydrogen) atoms. The highest BCUT2D eigenvalue weighted by Gasteiger charge is 2.18. The maximum atomic E-state index is 5.56. The second kappa shape index (κ2) is 6.96. The molecule has 6 heteroatoms. The maximum absolute atomic E-state index is 5.56. The van der Waals surface area contributed by atoms with Crippen LogP contribution in [-0.2, 0) is 0 Å². The molecule has 0 radical (unpaired) electrons. The Hall–Kier alpha value is -2.60. The lowest BCUT2D eigenvalue weighted by atomic mass is 9.96.